The fourth-order valence-corrected chi connectivity index (χ4v) is 1.44. The third-order valence-corrected chi connectivity index (χ3v) is 2.17. The number of likely N-dealkylation sites (N-methyl/N-ethyl adjacent to an activating group) is 1. The van der Waals surface area contributed by atoms with Crippen molar-refractivity contribution in [1.82, 2.24) is 9.88 Å². The summed E-state index contributed by atoms with van der Waals surface area (Å²) in [4.78, 5) is 6.50. The summed E-state index contributed by atoms with van der Waals surface area (Å²) in [5.41, 5.74) is 7.42. The molecule has 0 aliphatic carbocycles. The third-order valence-electron chi connectivity index (χ3n) is 2.17. The Hall–Kier alpha value is -1.42. The fourth-order valence-electron chi connectivity index (χ4n) is 1.44. The Labute approximate surface area is 90.6 Å². The van der Waals surface area contributed by atoms with Crippen LogP contribution in [0.3, 0.4) is 0 Å². The molecule has 0 spiro atoms. The second-order valence-corrected chi connectivity index (χ2v) is 3.60. The van der Waals surface area contributed by atoms with Gasteiger partial charge in [0.25, 0.3) is 0 Å². The first kappa shape index (κ1) is 11.7. The minimum absolute atomic E-state index is 0.199. The van der Waals surface area contributed by atoms with Gasteiger partial charge in [0.1, 0.15) is 5.84 Å². The molecule has 0 aromatic carbocycles. The van der Waals surface area contributed by atoms with Crippen LogP contribution in [0.2, 0.25) is 0 Å². The highest BCUT2D eigenvalue weighted by molar-refractivity contribution is 5.78. The fraction of sp³-hybridized carbons (Fsp3) is 0.455. The molecular weight excluding hydrogens is 188 g/mol. The molecule has 0 fully saturated rings. The molecule has 0 radical (unpaired) electrons. The van der Waals surface area contributed by atoms with Crippen LogP contribution in [-0.2, 0) is 6.54 Å². The maximum atomic E-state index is 7.25. The van der Waals surface area contributed by atoms with Crippen molar-refractivity contribution in [3.8, 4) is 0 Å². The highest BCUT2D eigenvalue weighted by Gasteiger charge is 2.05. The van der Waals surface area contributed by atoms with Gasteiger partial charge in [-0.3, -0.25) is 15.3 Å². The number of amidine groups is 1. The summed E-state index contributed by atoms with van der Waals surface area (Å²) >= 11 is 0. The topological polar surface area (TPSA) is 66.0 Å². The van der Waals surface area contributed by atoms with Crippen LogP contribution in [0.1, 0.15) is 18.3 Å². The van der Waals surface area contributed by atoms with Crippen molar-refractivity contribution in [3.05, 3.63) is 29.6 Å². The summed E-state index contributed by atoms with van der Waals surface area (Å²) in [7, 11) is 0. The quantitative estimate of drug-likeness (QED) is 0.561. The minimum Gasteiger partial charge on any atom is -0.387 e. The van der Waals surface area contributed by atoms with Crippen LogP contribution in [0.15, 0.2) is 18.2 Å². The smallest absolute Gasteiger partial charge is 0.105 e. The van der Waals surface area contributed by atoms with E-state index in [1.807, 2.05) is 25.1 Å². The number of aromatic nitrogens is 1. The van der Waals surface area contributed by atoms with E-state index in [0.29, 0.717) is 6.54 Å². The SMILES string of the molecule is CCN(CC(=N)N)Cc1cccc(C)n1. The lowest BCUT2D eigenvalue weighted by atomic mass is 10.3. The van der Waals surface area contributed by atoms with Crippen molar-refractivity contribution in [1.29, 1.82) is 5.41 Å². The number of hydrogen-bond acceptors (Lipinski definition) is 3. The predicted octanol–water partition coefficient (Wildman–Crippen LogP) is 1.15. The number of pyridine rings is 1. The van der Waals surface area contributed by atoms with Crippen molar-refractivity contribution in [3.63, 3.8) is 0 Å². The van der Waals surface area contributed by atoms with Gasteiger partial charge in [0.05, 0.1) is 12.2 Å². The summed E-state index contributed by atoms with van der Waals surface area (Å²) in [5, 5.41) is 7.25. The van der Waals surface area contributed by atoms with Crippen LogP contribution < -0.4 is 5.73 Å². The maximum absolute atomic E-state index is 7.25. The van der Waals surface area contributed by atoms with Gasteiger partial charge in [-0.25, -0.2) is 0 Å². The highest BCUT2D eigenvalue weighted by atomic mass is 15.1. The van der Waals surface area contributed by atoms with Crippen LogP contribution in [0.4, 0.5) is 0 Å². The van der Waals surface area contributed by atoms with E-state index in [0.717, 1.165) is 24.5 Å². The molecule has 0 amide bonds. The summed E-state index contributed by atoms with van der Waals surface area (Å²) < 4.78 is 0. The Kier molecular flexibility index (Phi) is 4.24. The highest BCUT2D eigenvalue weighted by Crippen LogP contribution is 2.02. The lowest BCUT2D eigenvalue weighted by molar-refractivity contribution is 0.315. The number of aryl methyl sites for hydroxylation is 1. The van der Waals surface area contributed by atoms with E-state index in [1.165, 1.54) is 0 Å². The van der Waals surface area contributed by atoms with E-state index in [2.05, 4.69) is 16.8 Å². The van der Waals surface area contributed by atoms with Gasteiger partial charge < -0.3 is 5.73 Å². The first-order valence-corrected chi connectivity index (χ1v) is 5.09. The Morgan fingerprint density at radius 3 is 2.80 bits per heavy atom. The van der Waals surface area contributed by atoms with Crippen LogP contribution in [-0.4, -0.2) is 28.8 Å². The molecule has 1 aromatic heterocycles. The molecule has 0 unspecified atom stereocenters. The second-order valence-electron chi connectivity index (χ2n) is 3.60. The van der Waals surface area contributed by atoms with Crippen molar-refractivity contribution < 1.29 is 0 Å². The Bertz CT molecular complexity index is 335. The molecule has 1 aromatic rings. The van der Waals surface area contributed by atoms with Gasteiger partial charge in [-0.2, -0.15) is 0 Å². The molecule has 1 rings (SSSR count). The van der Waals surface area contributed by atoms with E-state index >= 15 is 0 Å². The van der Waals surface area contributed by atoms with E-state index in [1.54, 1.807) is 0 Å². The van der Waals surface area contributed by atoms with Gasteiger partial charge in [0.15, 0.2) is 0 Å². The number of nitrogens with zero attached hydrogens (tertiary/aromatic N) is 2. The molecule has 3 N–H and O–H groups in total. The third kappa shape index (κ3) is 4.08. The molecule has 4 heteroatoms. The summed E-state index contributed by atoms with van der Waals surface area (Å²) in [6.07, 6.45) is 0. The average molecular weight is 206 g/mol. The van der Waals surface area contributed by atoms with E-state index in [9.17, 15) is 0 Å². The van der Waals surface area contributed by atoms with Crippen LogP contribution >= 0.6 is 0 Å². The van der Waals surface area contributed by atoms with Crippen LogP contribution in [0.25, 0.3) is 0 Å². The summed E-state index contributed by atoms with van der Waals surface area (Å²) in [6, 6.07) is 5.97. The molecule has 0 saturated heterocycles. The maximum Gasteiger partial charge on any atom is 0.105 e. The molecular formula is C11H18N4. The normalized spacial score (nSPS) is 10.6. The van der Waals surface area contributed by atoms with Gasteiger partial charge >= 0.3 is 0 Å². The van der Waals surface area contributed by atoms with Crippen molar-refractivity contribution >= 4 is 5.84 Å². The zero-order chi connectivity index (χ0) is 11.3. The van der Waals surface area contributed by atoms with Crippen LogP contribution in [0, 0.1) is 12.3 Å². The largest absolute Gasteiger partial charge is 0.387 e. The zero-order valence-electron chi connectivity index (χ0n) is 9.33. The number of nitrogens with one attached hydrogen (secondary N) is 1. The van der Waals surface area contributed by atoms with Gasteiger partial charge in [-0.1, -0.05) is 13.0 Å². The molecule has 0 aliphatic heterocycles. The Morgan fingerprint density at radius 1 is 1.53 bits per heavy atom. The van der Waals surface area contributed by atoms with Crippen LogP contribution in [0.5, 0.6) is 0 Å². The lowest BCUT2D eigenvalue weighted by Gasteiger charge is -2.18. The van der Waals surface area contributed by atoms with Gasteiger partial charge in [0.2, 0.25) is 0 Å². The Morgan fingerprint density at radius 2 is 2.27 bits per heavy atom. The number of rotatable bonds is 5. The molecule has 0 saturated carbocycles. The lowest BCUT2D eigenvalue weighted by Crippen LogP contribution is -2.33. The van der Waals surface area contributed by atoms with Crippen molar-refractivity contribution in [2.75, 3.05) is 13.1 Å². The monoisotopic (exact) mass is 206 g/mol. The first-order valence-electron chi connectivity index (χ1n) is 5.09. The molecule has 0 bridgehead atoms. The average Bonchev–Trinajstić information content (AvgIpc) is 2.16. The molecule has 1 heterocycles. The van der Waals surface area contributed by atoms with E-state index in [4.69, 9.17) is 11.1 Å². The molecule has 0 aliphatic rings. The van der Waals surface area contributed by atoms with E-state index < -0.39 is 0 Å². The Balaban J connectivity index is 2.62. The van der Waals surface area contributed by atoms with Crippen molar-refractivity contribution in [2.24, 2.45) is 5.73 Å². The molecule has 15 heavy (non-hydrogen) atoms. The van der Waals surface area contributed by atoms with Gasteiger partial charge in [0, 0.05) is 12.2 Å². The molecule has 82 valence electrons. The molecule has 0 atom stereocenters. The minimum atomic E-state index is 0.199. The van der Waals surface area contributed by atoms with E-state index in [-0.39, 0.29) is 5.84 Å². The second kappa shape index (κ2) is 5.46. The van der Waals surface area contributed by atoms with Gasteiger partial charge in [-0.05, 0) is 25.6 Å². The molecule has 4 nitrogen and oxygen atoms in total. The predicted molar refractivity (Wildman–Crippen MR) is 61.8 cm³/mol. The standard InChI is InChI=1S/C11H18N4/c1-3-15(8-11(12)13)7-10-6-4-5-9(2)14-10/h4-6H,3,7-8H2,1-2H3,(H3,12,13). The summed E-state index contributed by atoms with van der Waals surface area (Å²) in [5.74, 6) is 0.199. The van der Waals surface area contributed by atoms with Crippen molar-refractivity contribution in [2.45, 2.75) is 20.4 Å². The number of hydrogen-bond donors (Lipinski definition) is 2. The summed E-state index contributed by atoms with van der Waals surface area (Å²) in [6.45, 7) is 6.16. The number of nitrogens with two attached hydrogens (primary N) is 1. The zero-order valence-corrected chi connectivity index (χ0v) is 9.33. The first-order chi connectivity index (χ1) is 7.11. The van der Waals surface area contributed by atoms with Gasteiger partial charge in [-0.15, -0.1) is 0 Å².